The number of anilines is 2. The first-order chi connectivity index (χ1) is 9.58. The Morgan fingerprint density at radius 2 is 1.85 bits per heavy atom. The maximum absolute atomic E-state index is 10.9. The summed E-state index contributed by atoms with van der Waals surface area (Å²) in [6, 6.07) is 13.6. The highest BCUT2D eigenvalue weighted by Gasteiger charge is 2.11. The molecule has 0 unspecified atom stereocenters. The monoisotopic (exact) mass is 270 g/mol. The Kier molecular flexibility index (Phi) is 3.95. The highest BCUT2D eigenvalue weighted by Crippen LogP contribution is 2.23. The number of nitrogens with zero attached hydrogens (tertiary/aromatic N) is 2. The van der Waals surface area contributed by atoms with Crippen molar-refractivity contribution in [2.75, 3.05) is 11.2 Å². The van der Waals surface area contributed by atoms with Gasteiger partial charge in [0.15, 0.2) is 0 Å². The second-order valence-corrected chi connectivity index (χ2v) is 4.21. The van der Waals surface area contributed by atoms with Crippen LogP contribution in [0.4, 0.5) is 17.1 Å². The molecule has 0 atom stereocenters. The summed E-state index contributed by atoms with van der Waals surface area (Å²) in [5.74, 6) is 0. The van der Waals surface area contributed by atoms with E-state index in [4.69, 9.17) is 5.73 Å². The van der Waals surface area contributed by atoms with Gasteiger partial charge in [-0.3, -0.25) is 15.5 Å². The molecule has 0 aromatic heterocycles. The van der Waals surface area contributed by atoms with Gasteiger partial charge >= 0.3 is 0 Å². The lowest BCUT2D eigenvalue weighted by Gasteiger charge is -2.04. The zero-order chi connectivity index (χ0) is 14.5. The van der Waals surface area contributed by atoms with Gasteiger partial charge in [0.2, 0.25) is 0 Å². The summed E-state index contributed by atoms with van der Waals surface area (Å²) < 4.78 is 0. The van der Waals surface area contributed by atoms with Crippen LogP contribution in [0.5, 0.6) is 0 Å². The molecule has 0 aliphatic carbocycles. The third kappa shape index (κ3) is 3.11. The number of hydrogen-bond donors (Lipinski definition) is 2. The summed E-state index contributed by atoms with van der Waals surface area (Å²) in [6.07, 6.45) is 0. The minimum atomic E-state index is -0.448. The highest BCUT2D eigenvalue weighted by molar-refractivity contribution is 5.99. The number of nitrogens with two attached hydrogens (primary N) is 1. The Labute approximate surface area is 116 Å². The molecular weight excluding hydrogens is 256 g/mol. The lowest BCUT2D eigenvalue weighted by molar-refractivity contribution is -0.384. The van der Waals surface area contributed by atoms with Crippen molar-refractivity contribution in [1.82, 2.24) is 0 Å². The smallest absolute Gasteiger partial charge is 0.294 e. The van der Waals surface area contributed by atoms with Gasteiger partial charge in [0.05, 0.1) is 10.6 Å². The molecule has 20 heavy (non-hydrogen) atoms. The number of hydrogen-bond acceptors (Lipinski definition) is 5. The topological polar surface area (TPSA) is 93.5 Å². The Hall–Kier alpha value is -2.89. The third-order valence-corrected chi connectivity index (χ3v) is 2.77. The van der Waals surface area contributed by atoms with E-state index in [1.54, 1.807) is 30.3 Å². The highest BCUT2D eigenvalue weighted by atomic mass is 16.6. The number of rotatable bonds is 4. The molecular formula is C14H14N4O2. The predicted molar refractivity (Wildman–Crippen MR) is 79.8 cm³/mol. The molecule has 2 aromatic rings. The van der Waals surface area contributed by atoms with Crippen LogP contribution >= 0.6 is 0 Å². The molecule has 0 aliphatic heterocycles. The van der Waals surface area contributed by atoms with Crippen LogP contribution in [-0.4, -0.2) is 10.6 Å². The molecule has 0 fully saturated rings. The van der Waals surface area contributed by atoms with E-state index in [0.717, 1.165) is 5.56 Å². The minimum Gasteiger partial charge on any atom is -0.399 e. The molecule has 0 amide bonds. The van der Waals surface area contributed by atoms with Crippen LogP contribution in [0, 0.1) is 10.1 Å². The lowest BCUT2D eigenvalue weighted by Crippen LogP contribution is -2.01. The van der Waals surface area contributed by atoms with Gasteiger partial charge in [-0.05, 0) is 30.7 Å². The summed E-state index contributed by atoms with van der Waals surface area (Å²) in [5, 5.41) is 15.0. The number of nitro groups is 1. The number of benzene rings is 2. The van der Waals surface area contributed by atoms with Crippen LogP contribution in [0.15, 0.2) is 53.6 Å². The molecule has 0 aliphatic rings. The molecule has 0 heterocycles. The average molecular weight is 270 g/mol. The first-order valence-electron chi connectivity index (χ1n) is 5.97. The van der Waals surface area contributed by atoms with Crippen molar-refractivity contribution in [2.45, 2.75) is 6.92 Å². The van der Waals surface area contributed by atoms with Crippen LogP contribution < -0.4 is 11.2 Å². The van der Waals surface area contributed by atoms with Crippen LogP contribution in [0.3, 0.4) is 0 Å². The lowest BCUT2D eigenvalue weighted by atomic mass is 10.1. The maximum Gasteiger partial charge on any atom is 0.294 e. The largest absolute Gasteiger partial charge is 0.399 e. The van der Waals surface area contributed by atoms with Crippen LogP contribution in [0.25, 0.3) is 0 Å². The van der Waals surface area contributed by atoms with Crippen molar-refractivity contribution in [3.63, 3.8) is 0 Å². The average Bonchev–Trinajstić information content (AvgIpc) is 2.45. The molecule has 0 radical (unpaired) electrons. The number of nitrogen functional groups attached to an aromatic ring is 1. The zero-order valence-electron chi connectivity index (χ0n) is 10.9. The molecule has 6 heteroatoms. The fourth-order valence-electron chi connectivity index (χ4n) is 1.66. The molecule has 0 spiro atoms. The van der Waals surface area contributed by atoms with E-state index in [9.17, 15) is 10.1 Å². The first kappa shape index (κ1) is 13.5. The van der Waals surface area contributed by atoms with E-state index >= 15 is 0 Å². The van der Waals surface area contributed by atoms with Crippen molar-refractivity contribution in [2.24, 2.45) is 5.10 Å². The number of nitro benzene ring substituents is 1. The second kappa shape index (κ2) is 5.83. The fourth-order valence-corrected chi connectivity index (χ4v) is 1.66. The Bertz CT molecular complexity index is 650. The molecule has 0 bridgehead atoms. The van der Waals surface area contributed by atoms with E-state index < -0.39 is 4.92 Å². The summed E-state index contributed by atoms with van der Waals surface area (Å²) >= 11 is 0. The van der Waals surface area contributed by atoms with Gasteiger partial charge in [0, 0.05) is 11.8 Å². The zero-order valence-corrected chi connectivity index (χ0v) is 10.9. The minimum absolute atomic E-state index is 0.0126. The molecule has 3 N–H and O–H groups in total. The van der Waals surface area contributed by atoms with E-state index in [2.05, 4.69) is 10.5 Å². The van der Waals surface area contributed by atoms with Gasteiger partial charge in [-0.15, -0.1) is 0 Å². The Morgan fingerprint density at radius 3 is 2.50 bits per heavy atom. The first-order valence-corrected chi connectivity index (χ1v) is 5.97. The molecule has 0 saturated heterocycles. The quantitative estimate of drug-likeness (QED) is 0.386. The SMILES string of the molecule is C/C(=N\Nc1ccccc1[N+](=O)[O-])c1ccc(N)cc1. The van der Waals surface area contributed by atoms with Crippen LogP contribution in [-0.2, 0) is 0 Å². The summed E-state index contributed by atoms with van der Waals surface area (Å²) in [4.78, 5) is 10.4. The number of hydrazone groups is 1. The fraction of sp³-hybridized carbons (Fsp3) is 0.0714. The second-order valence-electron chi connectivity index (χ2n) is 4.21. The molecule has 102 valence electrons. The summed E-state index contributed by atoms with van der Waals surface area (Å²) in [7, 11) is 0. The van der Waals surface area contributed by atoms with Gasteiger partial charge < -0.3 is 5.73 Å². The molecule has 2 aromatic carbocycles. The van der Waals surface area contributed by atoms with Gasteiger partial charge in [-0.1, -0.05) is 24.3 Å². The maximum atomic E-state index is 10.9. The van der Waals surface area contributed by atoms with Crippen molar-refractivity contribution in [3.05, 3.63) is 64.2 Å². The van der Waals surface area contributed by atoms with Crippen LogP contribution in [0.1, 0.15) is 12.5 Å². The predicted octanol–water partition coefficient (Wildman–Crippen LogP) is 3.01. The van der Waals surface area contributed by atoms with E-state index in [1.807, 2.05) is 19.1 Å². The Morgan fingerprint density at radius 1 is 1.20 bits per heavy atom. The van der Waals surface area contributed by atoms with Gasteiger partial charge in [-0.2, -0.15) is 5.10 Å². The summed E-state index contributed by atoms with van der Waals surface area (Å²) in [6.45, 7) is 1.81. The Balaban J connectivity index is 2.21. The van der Waals surface area contributed by atoms with Crippen molar-refractivity contribution < 1.29 is 4.92 Å². The van der Waals surface area contributed by atoms with E-state index in [0.29, 0.717) is 17.1 Å². The number of nitrogens with one attached hydrogen (secondary N) is 1. The van der Waals surface area contributed by atoms with Crippen molar-refractivity contribution in [1.29, 1.82) is 0 Å². The van der Waals surface area contributed by atoms with Gasteiger partial charge in [0.25, 0.3) is 5.69 Å². The third-order valence-electron chi connectivity index (χ3n) is 2.77. The van der Waals surface area contributed by atoms with Crippen molar-refractivity contribution >= 4 is 22.8 Å². The number of para-hydroxylation sites is 2. The molecule has 0 saturated carbocycles. The van der Waals surface area contributed by atoms with Gasteiger partial charge in [0.1, 0.15) is 5.69 Å². The summed E-state index contributed by atoms with van der Waals surface area (Å²) in [5.41, 5.74) is 11.0. The van der Waals surface area contributed by atoms with Crippen molar-refractivity contribution in [3.8, 4) is 0 Å². The van der Waals surface area contributed by atoms with Crippen LogP contribution in [0.2, 0.25) is 0 Å². The molecule has 6 nitrogen and oxygen atoms in total. The normalized spacial score (nSPS) is 11.2. The van der Waals surface area contributed by atoms with E-state index in [1.165, 1.54) is 6.07 Å². The standard InChI is InChI=1S/C14H14N4O2/c1-10(11-6-8-12(15)9-7-11)16-17-13-4-2-3-5-14(13)18(19)20/h2-9,17H,15H2,1H3/b16-10+. The van der Waals surface area contributed by atoms with Gasteiger partial charge in [-0.25, -0.2) is 0 Å². The van der Waals surface area contributed by atoms with E-state index in [-0.39, 0.29) is 5.69 Å². The molecule has 2 rings (SSSR count).